The summed E-state index contributed by atoms with van der Waals surface area (Å²) in [6.07, 6.45) is 6.26. The molecular formula is C31H34N2O5. The average molecular weight is 515 g/mol. The van der Waals surface area contributed by atoms with Crippen molar-refractivity contribution in [2.45, 2.75) is 53.4 Å². The molecule has 2 heterocycles. The number of carbonyl (C=O) groups is 4. The number of allylic oxidation sites excluding steroid dienone is 2. The highest BCUT2D eigenvalue weighted by atomic mass is 16.5. The van der Waals surface area contributed by atoms with E-state index in [1.807, 2.05) is 37.3 Å². The minimum atomic E-state index is -0.573. The van der Waals surface area contributed by atoms with Gasteiger partial charge in [0.15, 0.2) is 0 Å². The Labute approximate surface area is 223 Å². The van der Waals surface area contributed by atoms with Crippen molar-refractivity contribution in [2.75, 3.05) is 16.3 Å². The zero-order valence-corrected chi connectivity index (χ0v) is 22.4. The van der Waals surface area contributed by atoms with Gasteiger partial charge in [-0.2, -0.15) is 0 Å². The smallest absolute Gasteiger partial charge is 0.316 e. The van der Waals surface area contributed by atoms with E-state index in [9.17, 15) is 19.2 Å². The molecule has 2 aromatic rings. The molecule has 0 spiro atoms. The molecule has 4 atom stereocenters. The number of hydrogen-bond donors (Lipinski definition) is 0. The second-order valence-electron chi connectivity index (χ2n) is 10.6. The number of nitrogens with zero attached hydrogens (tertiary/aromatic N) is 2. The van der Waals surface area contributed by atoms with Crippen molar-refractivity contribution < 1.29 is 23.9 Å². The van der Waals surface area contributed by atoms with Crippen LogP contribution in [0, 0.1) is 30.6 Å². The molecule has 0 N–H and O–H groups in total. The summed E-state index contributed by atoms with van der Waals surface area (Å²) in [5.41, 5.74) is 4.29. The number of hydrogen-bond acceptors (Lipinski definition) is 5. The predicted octanol–water partition coefficient (Wildman–Crippen LogP) is 4.78. The summed E-state index contributed by atoms with van der Waals surface area (Å²) in [5.74, 6) is -1.77. The van der Waals surface area contributed by atoms with Crippen LogP contribution < -0.4 is 14.5 Å². The van der Waals surface area contributed by atoms with Crippen LogP contribution in [0.3, 0.4) is 0 Å². The zero-order chi connectivity index (χ0) is 27.1. The van der Waals surface area contributed by atoms with Gasteiger partial charge in [0.1, 0.15) is 5.75 Å². The molecule has 2 aromatic carbocycles. The molecule has 38 heavy (non-hydrogen) atoms. The van der Waals surface area contributed by atoms with Gasteiger partial charge in [-0.3, -0.25) is 19.2 Å². The van der Waals surface area contributed by atoms with E-state index in [2.05, 4.69) is 13.8 Å². The van der Waals surface area contributed by atoms with Gasteiger partial charge in [0, 0.05) is 18.7 Å². The topological polar surface area (TPSA) is 84.0 Å². The normalized spacial score (nSPS) is 24.8. The van der Waals surface area contributed by atoms with E-state index in [1.165, 1.54) is 4.90 Å². The fraction of sp³-hybridized carbons (Fsp3) is 0.419. The number of para-hydroxylation sites is 1. The summed E-state index contributed by atoms with van der Waals surface area (Å²) in [6, 6.07) is 11.0. The first-order chi connectivity index (χ1) is 18.2. The fourth-order valence-corrected chi connectivity index (χ4v) is 6.17. The van der Waals surface area contributed by atoms with Crippen molar-refractivity contribution in [2.24, 2.45) is 23.7 Å². The minimum Gasteiger partial charge on any atom is -0.426 e. The molecular weight excluding hydrogens is 480 g/mol. The Hall–Kier alpha value is -3.74. The van der Waals surface area contributed by atoms with E-state index in [4.69, 9.17) is 4.74 Å². The van der Waals surface area contributed by atoms with E-state index in [0.29, 0.717) is 23.4 Å². The van der Waals surface area contributed by atoms with Crippen LogP contribution in [0.1, 0.15) is 50.3 Å². The molecule has 0 aromatic heterocycles. The highest BCUT2D eigenvalue weighted by molar-refractivity contribution is 6.22. The van der Waals surface area contributed by atoms with Crippen molar-refractivity contribution in [1.29, 1.82) is 0 Å². The summed E-state index contributed by atoms with van der Waals surface area (Å²) < 4.78 is 5.69. The molecule has 3 amide bonds. The standard InChI is InChI=1S/C31H34N2O5/c1-5-20-10-8-11-21(6-2)28(20)32-17-22(16-26(32)34)31(37)38-23-13-14-25(19(4)15-23)33-29(35)24-12-7-9-18(3)27(24)30(33)36/h7-11,13-15,18,22,24,27H,5-6,12,16-17H2,1-4H3/t18-,22+,24+,27+/m0/s1. The number of rotatable bonds is 6. The Morgan fingerprint density at radius 3 is 2.37 bits per heavy atom. The van der Waals surface area contributed by atoms with Crippen molar-refractivity contribution in [3.63, 3.8) is 0 Å². The van der Waals surface area contributed by atoms with Crippen molar-refractivity contribution in [3.05, 3.63) is 65.2 Å². The molecule has 0 bridgehead atoms. The van der Waals surface area contributed by atoms with E-state index >= 15 is 0 Å². The predicted molar refractivity (Wildman–Crippen MR) is 145 cm³/mol. The first-order valence-electron chi connectivity index (χ1n) is 13.5. The molecule has 1 aliphatic carbocycles. The van der Waals surface area contributed by atoms with Crippen molar-refractivity contribution >= 4 is 35.1 Å². The molecule has 198 valence electrons. The van der Waals surface area contributed by atoms with E-state index in [0.717, 1.165) is 29.7 Å². The fourth-order valence-electron chi connectivity index (χ4n) is 6.17. The number of benzene rings is 2. The molecule has 0 saturated carbocycles. The third kappa shape index (κ3) is 4.34. The molecule has 7 heteroatoms. The van der Waals surface area contributed by atoms with Crippen LogP contribution in [0.4, 0.5) is 11.4 Å². The third-order valence-corrected chi connectivity index (χ3v) is 8.19. The number of carbonyl (C=O) groups excluding carboxylic acids is 4. The van der Waals surface area contributed by atoms with Crippen LogP contribution in [-0.2, 0) is 32.0 Å². The second kappa shape index (κ2) is 10.2. The molecule has 2 fully saturated rings. The van der Waals surface area contributed by atoms with Crippen LogP contribution in [0.5, 0.6) is 5.75 Å². The number of amides is 3. The highest BCUT2D eigenvalue weighted by Gasteiger charge is 2.50. The Bertz CT molecular complexity index is 1320. The zero-order valence-electron chi connectivity index (χ0n) is 22.4. The molecule has 2 aliphatic heterocycles. The van der Waals surface area contributed by atoms with E-state index < -0.39 is 11.9 Å². The lowest BCUT2D eigenvalue weighted by Gasteiger charge is -2.23. The maximum atomic E-state index is 13.2. The van der Waals surface area contributed by atoms with Crippen LogP contribution in [0.25, 0.3) is 0 Å². The Kier molecular flexibility index (Phi) is 6.95. The largest absolute Gasteiger partial charge is 0.426 e. The maximum absolute atomic E-state index is 13.2. The van der Waals surface area contributed by atoms with Gasteiger partial charge in [-0.15, -0.1) is 0 Å². The summed E-state index contributed by atoms with van der Waals surface area (Å²) in [4.78, 5) is 55.3. The van der Waals surface area contributed by atoms with Crippen molar-refractivity contribution in [1.82, 2.24) is 0 Å². The Morgan fingerprint density at radius 2 is 1.74 bits per heavy atom. The molecule has 0 radical (unpaired) electrons. The number of fused-ring (bicyclic) bond motifs is 1. The maximum Gasteiger partial charge on any atom is 0.316 e. The molecule has 2 saturated heterocycles. The molecule has 5 rings (SSSR count). The molecule has 7 nitrogen and oxygen atoms in total. The van der Waals surface area contributed by atoms with E-state index in [-0.39, 0.29) is 48.4 Å². The van der Waals surface area contributed by atoms with Gasteiger partial charge in [-0.05, 0) is 67.0 Å². The quantitative estimate of drug-likeness (QED) is 0.240. The summed E-state index contributed by atoms with van der Waals surface area (Å²) >= 11 is 0. The first-order valence-corrected chi connectivity index (χ1v) is 13.5. The van der Waals surface area contributed by atoms with Gasteiger partial charge in [0.2, 0.25) is 17.7 Å². The van der Waals surface area contributed by atoms with Gasteiger partial charge in [-0.1, -0.05) is 51.1 Å². The number of ether oxygens (including phenoxy) is 1. The average Bonchev–Trinajstić information content (AvgIpc) is 3.41. The van der Waals surface area contributed by atoms with Gasteiger partial charge in [-0.25, -0.2) is 4.90 Å². The van der Waals surface area contributed by atoms with Gasteiger partial charge in [0.05, 0.1) is 23.4 Å². The minimum absolute atomic E-state index is 0.0159. The second-order valence-corrected chi connectivity index (χ2v) is 10.6. The van der Waals surface area contributed by atoms with Crippen LogP contribution in [-0.4, -0.2) is 30.2 Å². The lowest BCUT2D eigenvalue weighted by Crippen LogP contribution is -2.32. The lowest BCUT2D eigenvalue weighted by molar-refractivity contribution is -0.139. The highest BCUT2D eigenvalue weighted by Crippen LogP contribution is 2.42. The number of aryl methyl sites for hydroxylation is 3. The van der Waals surface area contributed by atoms with Gasteiger partial charge < -0.3 is 9.64 Å². The number of imide groups is 1. The first kappa shape index (κ1) is 25.9. The monoisotopic (exact) mass is 514 g/mol. The SMILES string of the molecule is CCc1cccc(CC)c1N1C[C@H](C(=O)Oc2ccc(N3C(=O)[C@@H]4[C@@H](C)C=CC[C@H]4C3=O)c(C)c2)CC1=O. The van der Waals surface area contributed by atoms with Crippen LogP contribution >= 0.6 is 0 Å². The summed E-state index contributed by atoms with van der Waals surface area (Å²) in [7, 11) is 0. The molecule has 3 aliphatic rings. The summed E-state index contributed by atoms with van der Waals surface area (Å²) in [6.45, 7) is 8.17. The number of esters is 1. The lowest BCUT2D eigenvalue weighted by atomic mass is 9.78. The summed E-state index contributed by atoms with van der Waals surface area (Å²) in [5, 5.41) is 0. The van der Waals surface area contributed by atoms with Crippen LogP contribution in [0.2, 0.25) is 0 Å². The number of anilines is 2. The third-order valence-electron chi connectivity index (χ3n) is 8.19. The Balaban J connectivity index is 1.31. The van der Waals surface area contributed by atoms with Crippen LogP contribution in [0.15, 0.2) is 48.6 Å². The van der Waals surface area contributed by atoms with Gasteiger partial charge in [0.25, 0.3) is 0 Å². The van der Waals surface area contributed by atoms with Crippen molar-refractivity contribution in [3.8, 4) is 5.75 Å². The van der Waals surface area contributed by atoms with Gasteiger partial charge >= 0.3 is 5.97 Å². The Morgan fingerprint density at radius 1 is 1.03 bits per heavy atom. The molecule has 0 unspecified atom stereocenters. The van der Waals surface area contributed by atoms with E-state index in [1.54, 1.807) is 30.0 Å².